The SMILES string of the molecule is Cc1noc(CN2CCC(NS(C)(=O)=O)CC2)n1. The first-order valence-electron chi connectivity index (χ1n) is 5.91. The Morgan fingerprint density at radius 2 is 2.11 bits per heavy atom. The van der Waals surface area contributed by atoms with E-state index in [1.807, 2.05) is 0 Å². The Kier molecular flexibility index (Phi) is 3.98. The second-order valence-corrected chi connectivity index (χ2v) is 6.46. The van der Waals surface area contributed by atoms with E-state index in [1.54, 1.807) is 6.92 Å². The minimum atomic E-state index is -3.11. The van der Waals surface area contributed by atoms with Crippen molar-refractivity contribution in [3.8, 4) is 0 Å². The van der Waals surface area contributed by atoms with Crippen LogP contribution in [0.1, 0.15) is 24.6 Å². The molecule has 1 fully saturated rings. The third-order valence-corrected chi connectivity index (χ3v) is 3.66. The van der Waals surface area contributed by atoms with Crippen molar-refractivity contribution in [1.29, 1.82) is 0 Å². The van der Waals surface area contributed by atoms with Crippen molar-refractivity contribution in [2.75, 3.05) is 19.3 Å². The average molecular weight is 274 g/mol. The van der Waals surface area contributed by atoms with Gasteiger partial charge in [-0.2, -0.15) is 4.98 Å². The number of likely N-dealkylation sites (tertiary alicyclic amines) is 1. The number of hydrogen-bond donors (Lipinski definition) is 1. The molecular weight excluding hydrogens is 256 g/mol. The first kappa shape index (κ1) is 13.4. The molecular formula is C10H18N4O3S. The fourth-order valence-corrected chi connectivity index (χ4v) is 2.95. The number of nitrogens with zero attached hydrogens (tertiary/aromatic N) is 3. The van der Waals surface area contributed by atoms with Crippen LogP contribution in [-0.4, -0.2) is 48.8 Å². The summed E-state index contributed by atoms with van der Waals surface area (Å²) in [6.45, 7) is 4.07. The number of piperidine rings is 1. The molecule has 0 aliphatic carbocycles. The van der Waals surface area contributed by atoms with Gasteiger partial charge in [-0.25, -0.2) is 13.1 Å². The molecule has 8 heteroatoms. The summed E-state index contributed by atoms with van der Waals surface area (Å²) in [6, 6.07) is 0.0423. The fourth-order valence-electron chi connectivity index (χ4n) is 2.11. The van der Waals surface area contributed by atoms with Gasteiger partial charge in [0.25, 0.3) is 0 Å². The Hall–Kier alpha value is -0.990. The number of rotatable bonds is 4. The summed E-state index contributed by atoms with van der Waals surface area (Å²) in [7, 11) is -3.11. The van der Waals surface area contributed by atoms with Crippen LogP contribution in [0, 0.1) is 6.92 Å². The molecule has 1 saturated heterocycles. The van der Waals surface area contributed by atoms with Crippen molar-refractivity contribution in [3.63, 3.8) is 0 Å². The van der Waals surface area contributed by atoms with E-state index in [1.165, 1.54) is 6.26 Å². The lowest BCUT2D eigenvalue weighted by atomic mass is 10.1. The van der Waals surface area contributed by atoms with E-state index >= 15 is 0 Å². The van der Waals surface area contributed by atoms with Gasteiger partial charge >= 0.3 is 0 Å². The number of nitrogens with one attached hydrogen (secondary N) is 1. The van der Waals surface area contributed by atoms with Gasteiger partial charge in [0.15, 0.2) is 5.82 Å². The van der Waals surface area contributed by atoms with Crippen LogP contribution < -0.4 is 4.72 Å². The van der Waals surface area contributed by atoms with E-state index in [0.29, 0.717) is 18.3 Å². The van der Waals surface area contributed by atoms with Crippen LogP contribution >= 0.6 is 0 Å². The number of sulfonamides is 1. The first-order chi connectivity index (χ1) is 8.42. The molecule has 0 aromatic carbocycles. The van der Waals surface area contributed by atoms with Crippen molar-refractivity contribution in [1.82, 2.24) is 19.8 Å². The topological polar surface area (TPSA) is 88.3 Å². The predicted octanol–water partition coefficient (Wildman–Crippen LogP) is -0.108. The Morgan fingerprint density at radius 3 is 2.61 bits per heavy atom. The van der Waals surface area contributed by atoms with E-state index < -0.39 is 10.0 Å². The van der Waals surface area contributed by atoms with Gasteiger partial charge in [-0.05, 0) is 19.8 Å². The molecule has 2 heterocycles. The normalized spacial score (nSPS) is 19.2. The van der Waals surface area contributed by atoms with Crippen LogP contribution in [0.15, 0.2) is 4.52 Å². The quantitative estimate of drug-likeness (QED) is 0.824. The largest absolute Gasteiger partial charge is 0.338 e. The van der Waals surface area contributed by atoms with E-state index in [9.17, 15) is 8.42 Å². The number of hydrogen-bond acceptors (Lipinski definition) is 6. The molecule has 1 N–H and O–H groups in total. The average Bonchev–Trinajstić information content (AvgIpc) is 2.65. The molecule has 0 unspecified atom stereocenters. The molecule has 1 aliphatic rings. The molecule has 1 aromatic heterocycles. The zero-order valence-electron chi connectivity index (χ0n) is 10.6. The smallest absolute Gasteiger partial charge is 0.240 e. The number of aryl methyl sites for hydroxylation is 1. The van der Waals surface area contributed by atoms with Crippen LogP contribution in [0.2, 0.25) is 0 Å². The van der Waals surface area contributed by atoms with Crippen molar-refractivity contribution >= 4 is 10.0 Å². The molecule has 0 spiro atoms. The monoisotopic (exact) mass is 274 g/mol. The van der Waals surface area contributed by atoms with Crippen molar-refractivity contribution in [2.24, 2.45) is 0 Å². The van der Waals surface area contributed by atoms with Gasteiger partial charge in [-0.1, -0.05) is 5.16 Å². The molecule has 18 heavy (non-hydrogen) atoms. The van der Waals surface area contributed by atoms with Gasteiger partial charge in [-0.3, -0.25) is 4.90 Å². The van der Waals surface area contributed by atoms with E-state index in [0.717, 1.165) is 25.9 Å². The lowest BCUT2D eigenvalue weighted by molar-refractivity contribution is 0.177. The molecule has 0 amide bonds. The highest BCUT2D eigenvalue weighted by Gasteiger charge is 2.22. The highest BCUT2D eigenvalue weighted by molar-refractivity contribution is 7.88. The zero-order chi connectivity index (χ0) is 13.2. The molecule has 0 bridgehead atoms. The fraction of sp³-hybridized carbons (Fsp3) is 0.800. The molecule has 7 nitrogen and oxygen atoms in total. The maximum Gasteiger partial charge on any atom is 0.240 e. The highest BCUT2D eigenvalue weighted by atomic mass is 32.2. The van der Waals surface area contributed by atoms with Gasteiger partial charge in [-0.15, -0.1) is 0 Å². The van der Waals surface area contributed by atoms with Gasteiger partial charge in [0.1, 0.15) is 0 Å². The molecule has 0 radical (unpaired) electrons. The summed E-state index contributed by atoms with van der Waals surface area (Å²) < 4.78 is 29.9. The maximum atomic E-state index is 11.1. The summed E-state index contributed by atoms with van der Waals surface area (Å²) >= 11 is 0. The zero-order valence-corrected chi connectivity index (χ0v) is 11.4. The molecule has 1 aromatic rings. The lowest BCUT2D eigenvalue weighted by Gasteiger charge is -2.30. The minimum absolute atomic E-state index is 0.0423. The Bertz CT molecular complexity index is 491. The molecule has 102 valence electrons. The lowest BCUT2D eigenvalue weighted by Crippen LogP contribution is -2.43. The van der Waals surface area contributed by atoms with E-state index in [2.05, 4.69) is 19.8 Å². The van der Waals surface area contributed by atoms with E-state index in [4.69, 9.17) is 4.52 Å². The van der Waals surface area contributed by atoms with Crippen LogP contribution in [0.3, 0.4) is 0 Å². The van der Waals surface area contributed by atoms with Gasteiger partial charge in [0.05, 0.1) is 12.8 Å². The third kappa shape index (κ3) is 4.04. The number of aromatic nitrogens is 2. The highest BCUT2D eigenvalue weighted by Crippen LogP contribution is 2.13. The summed E-state index contributed by atoms with van der Waals surface area (Å²) in [5.74, 6) is 1.25. The van der Waals surface area contributed by atoms with Crippen LogP contribution in [-0.2, 0) is 16.6 Å². The van der Waals surface area contributed by atoms with Crippen molar-refractivity contribution in [2.45, 2.75) is 32.4 Å². The molecule has 0 saturated carbocycles. The summed E-state index contributed by atoms with van der Waals surface area (Å²) in [4.78, 5) is 6.34. The summed E-state index contributed by atoms with van der Waals surface area (Å²) in [5, 5.41) is 3.74. The minimum Gasteiger partial charge on any atom is -0.338 e. The Labute approximate surface area is 107 Å². The standard InChI is InChI=1S/C10H18N4O3S/c1-8-11-10(17-12-8)7-14-5-3-9(4-6-14)13-18(2,15)16/h9,13H,3-7H2,1-2H3. The van der Waals surface area contributed by atoms with Crippen molar-refractivity contribution < 1.29 is 12.9 Å². The third-order valence-electron chi connectivity index (χ3n) is 2.90. The van der Waals surface area contributed by atoms with Gasteiger partial charge in [0.2, 0.25) is 15.9 Å². The van der Waals surface area contributed by atoms with Crippen LogP contribution in [0.5, 0.6) is 0 Å². The predicted molar refractivity (Wildman–Crippen MR) is 65.3 cm³/mol. The summed E-state index contributed by atoms with van der Waals surface area (Å²) in [6.07, 6.45) is 2.81. The molecule has 2 rings (SSSR count). The Balaban J connectivity index is 1.80. The van der Waals surface area contributed by atoms with Crippen LogP contribution in [0.4, 0.5) is 0 Å². The summed E-state index contributed by atoms with van der Waals surface area (Å²) in [5.41, 5.74) is 0. The Morgan fingerprint density at radius 1 is 1.44 bits per heavy atom. The van der Waals surface area contributed by atoms with Gasteiger partial charge in [0, 0.05) is 19.1 Å². The first-order valence-corrected chi connectivity index (χ1v) is 7.80. The molecule has 0 atom stereocenters. The van der Waals surface area contributed by atoms with Crippen molar-refractivity contribution in [3.05, 3.63) is 11.7 Å². The maximum absolute atomic E-state index is 11.1. The van der Waals surface area contributed by atoms with Crippen LogP contribution in [0.25, 0.3) is 0 Å². The van der Waals surface area contributed by atoms with Gasteiger partial charge < -0.3 is 4.52 Å². The van der Waals surface area contributed by atoms with E-state index in [-0.39, 0.29) is 6.04 Å². The second kappa shape index (κ2) is 5.33. The second-order valence-electron chi connectivity index (χ2n) is 4.68. The molecule has 1 aliphatic heterocycles.